The van der Waals surface area contributed by atoms with Crippen molar-refractivity contribution in [3.63, 3.8) is 0 Å². The smallest absolute Gasteiger partial charge is 0.276 e. The zero-order valence-electron chi connectivity index (χ0n) is 15.6. The number of aromatic nitrogens is 5. The highest BCUT2D eigenvalue weighted by molar-refractivity contribution is 6.03. The number of allylic oxidation sites excluding steroid dienone is 1. The van der Waals surface area contributed by atoms with Crippen LogP contribution >= 0.6 is 0 Å². The van der Waals surface area contributed by atoms with Gasteiger partial charge < -0.3 is 10.8 Å². The normalized spacial score (nSPS) is 11.4. The molecule has 10 heteroatoms. The van der Waals surface area contributed by atoms with Crippen molar-refractivity contribution in [1.29, 1.82) is 0 Å². The summed E-state index contributed by atoms with van der Waals surface area (Å²) in [6, 6.07) is 3.22. The molecule has 0 aromatic carbocycles. The summed E-state index contributed by atoms with van der Waals surface area (Å²) in [6.07, 6.45) is 4.66. The Labute approximate surface area is 160 Å². The van der Waals surface area contributed by atoms with Crippen LogP contribution in [0.15, 0.2) is 30.5 Å². The fraction of sp³-hybridized carbons (Fsp3) is 0.278. The predicted octanol–water partition coefficient (Wildman–Crippen LogP) is 0.856. The third-order valence-corrected chi connectivity index (χ3v) is 4.09. The number of nitrogens with two attached hydrogens (primary N) is 1. The molecule has 146 valence electrons. The number of primary amides is 1. The van der Waals surface area contributed by atoms with E-state index in [0.29, 0.717) is 29.9 Å². The molecule has 0 aliphatic carbocycles. The van der Waals surface area contributed by atoms with Gasteiger partial charge in [0.2, 0.25) is 11.9 Å². The number of rotatable bonds is 7. The maximum Gasteiger partial charge on any atom is 0.276 e. The Kier molecular flexibility index (Phi) is 5.50. The fourth-order valence-electron chi connectivity index (χ4n) is 2.80. The number of nitrogens with one attached hydrogen (secondary N) is 1. The average molecular weight is 383 g/mol. The van der Waals surface area contributed by atoms with Crippen molar-refractivity contribution in [3.8, 4) is 0 Å². The quantitative estimate of drug-likeness (QED) is 0.517. The van der Waals surface area contributed by atoms with E-state index in [9.17, 15) is 9.59 Å². The van der Waals surface area contributed by atoms with Crippen LogP contribution in [0.4, 0.5) is 5.95 Å². The summed E-state index contributed by atoms with van der Waals surface area (Å²) < 4.78 is 3.27. The van der Waals surface area contributed by atoms with Gasteiger partial charge in [-0.25, -0.2) is 9.97 Å². The standard InChI is InChI=1S/C18H21N7O3/c1-3-25-14(8-11(2)23-25)17(28)22-18-21-13-9-12(15(19)27)10-20-16(13)24(18)6-4-5-7-26/h4-5,8-10,26H,3,6-7H2,1-2H3,(H2,19,27)(H,21,22,28). The summed E-state index contributed by atoms with van der Waals surface area (Å²) in [6.45, 7) is 4.47. The van der Waals surface area contributed by atoms with Crippen molar-refractivity contribution in [3.05, 3.63) is 47.4 Å². The topological polar surface area (TPSA) is 141 Å². The number of nitrogens with zero attached hydrogens (tertiary/aromatic N) is 5. The number of carbonyl (C=O) groups is 2. The van der Waals surface area contributed by atoms with E-state index in [1.807, 2.05) is 13.8 Å². The summed E-state index contributed by atoms with van der Waals surface area (Å²) in [5, 5.41) is 16.0. The lowest BCUT2D eigenvalue weighted by atomic mass is 10.2. The molecule has 2 amide bonds. The van der Waals surface area contributed by atoms with Crippen molar-refractivity contribution >= 4 is 28.9 Å². The molecule has 0 saturated heterocycles. The summed E-state index contributed by atoms with van der Waals surface area (Å²) in [4.78, 5) is 32.8. The Balaban J connectivity index is 2.02. The van der Waals surface area contributed by atoms with Crippen LogP contribution in [-0.4, -0.2) is 47.8 Å². The zero-order chi connectivity index (χ0) is 20.3. The maximum atomic E-state index is 12.8. The van der Waals surface area contributed by atoms with Gasteiger partial charge in [-0.3, -0.25) is 24.2 Å². The monoisotopic (exact) mass is 383 g/mol. The number of carbonyl (C=O) groups excluding carboxylic acids is 2. The molecule has 28 heavy (non-hydrogen) atoms. The van der Waals surface area contributed by atoms with Crippen LogP contribution in [0.3, 0.4) is 0 Å². The molecule has 3 aromatic heterocycles. The molecular weight excluding hydrogens is 362 g/mol. The second-order valence-electron chi connectivity index (χ2n) is 6.07. The first kappa shape index (κ1) is 19.2. The minimum absolute atomic E-state index is 0.109. The number of fused-ring (bicyclic) bond motifs is 1. The summed E-state index contributed by atoms with van der Waals surface area (Å²) in [5.74, 6) is -0.712. The molecule has 0 saturated carbocycles. The number of imidazole rings is 1. The Hall–Kier alpha value is -3.53. The lowest BCUT2D eigenvalue weighted by molar-refractivity contribution is 0.0995. The van der Waals surface area contributed by atoms with E-state index in [4.69, 9.17) is 10.8 Å². The number of pyridine rings is 1. The van der Waals surface area contributed by atoms with Crippen molar-refractivity contribution < 1.29 is 14.7 Å². The van der Waals surface area contributed by atoms with Crippen molar-refractivity contribution in [2.24, 2.45) is 5.73 Å². The van der Waals surface area contributed by atoms with Crippen LogP contribution in [-0.2, 0) is 13.1 Å². The average Bonchev–Trinajstić information content (AvgIpc) is 3.21. The van der Waals surface area contributed by atoms with E-state index < -0.39 is 5.91 Å². The maximum absolute atomic E-state index is 12.8. The van der Waals surface area contributed by atoms with Crippen molar-refractivity contribution in [2.75, 3.05) is 11.9 Å². The van der Waals surface area contributed by atoms with Crippen LogP contribution in [0.5, 0.6) is 0 Å². The minimum Gasteiger partial charge on any atom is -0.392 e. The van der Waals surface area contributed by atoms with Crippen molar-refractivity contribution in [1.82, 2.24) is 24.3 Å². The van der Waals surface area contributed by atoms with Crippen LogP contribution in [0.2, 0.25) is 0 Å². The van der Waals surface area contributed by atoms with Crippen molar-refractivity contribution in [2.45, 2.75) is 26.9 Å². The molecule has 0 aliphatic heterocycles. The van der Waals surface area contributed by atoms with Crippen LogP contribution in [0.1, 0.15) is 33.5 Å². The number of aliphatic hydroxyl groups excluding tert-OH is 1. The Morgan fingerprint density at radius 3 is 2.79 bits per heavy atom. The number of anilines is 1. The van der Waals surface area contributed by atoms with E-state index >= 15 is 0 Å². The highest BCUT2D eigenvalue weighted by Gasteiger charge is 2.19. The summed E-state index contributed by atoms with van der Waals surface area (Å²) in [5.41, 5.74) is 7.57. The first-order chi connectivity index (χ1) is 13.4. The lowest BCUT2D eigenvalue weighted by Gasteiger charge is -2.08. The number of aliphatic hydroxyl groups is 1. The molecule has 0 atom stereocenters. The minimum atomic E-state index is -0.614. The number of aryl methyl sites for hydroxylation is 2. The Morgan fingerprint density at radius 2 is 2.11 bits per heavy atom. The van der Waals surface area contributed by atoms with E-state index in [0.717, 1.165) is 5.69 Å². The molecule has 3 heterocycles. The molecule has 10 nitrogen and oxygen atoms in total. The molecule has 0 unspecified atom stereocenters. The fourth-order valence-corrected chi connectivity index (χ4v) is 2.80. The van der Waals surface area contributed by atoms with Gasteiger partial charge in [-0.15, -0.1) is 0 Å². The molecule has 3 rings (SSSR count). The lowest BCUT2D eigenvalue weighted by Crippen LogP contribution is -2.20. The second kappa shape index (κ2) is 8.01. The number of hydrogen-bond donors (Lipinski definition) is 3. The SMILES string of the molecule is CCn1nc(C)cc1C(=O)Nc1nc2cc(C(N)=O)cnc2n1CC=CCO. The third kappa shape index (κ3) is 3.76. The molecule has 0 bridgehead atoms. The Morgan fingerprint density at radius 1 is 1.32 bits per heavy atom. The molecule has 4 N–H and O–H groups in total. The van der Waals surface area contributed by atoms with Gasteiger partial charge in [-0.1, -0.05) is 12.2 Å². The van der Waals surface area contributed by atoms with Gasteiger partial charge in [-0.05, 0) is 26.0 Å². The summed E-state index contributed by atoms with van der Waals surface area (Å²) >= 11 is 0. The van der Waals surface area contributed by atoms with Gasteiger partial charge in [0.1, 0.15) is 11.2 Å². The highest BCUT2D eigenvalue weighted by Crippen LogP contribution is 2.20. The second-order valence-corrected chi connectivity index (χ2v) is 6.07. The van der Waals surface area contributed by atoms with Gasteiger partial charge in [-0.2, -0.15) is 5.10 Å². The molecule has 0 fully saturated rings. The van der Waals surface area contributed by atoms with Gasteiger partial charge in [0.05, 0.1) is 17.9 Å². The summed E-state index contributed by atoms with van der Waals surface area (Å²) in [7, 11) is 0. The Bertz CT molecular complexity index is 1060. The molecule has 3 aromatic rings. The number of hydrogen-bond acceptors (Lipinski definition) is 6. The van der Waals surface area contributed by atoms with E-state index in [2.05, 4.69) is 20.4 Å². The van der Waals surface area contributed by atoms with Crippen LogP contribution < -0.4 is 11.1 Å². The van der Waals surface area contributed by atoms with Gasteiger partial charge in [0.25, 0.3) is 5.91 Å². The molecule has 0 aliphatic rings. The van der Waals surface area contributed by atoms with Crippen LogP contribution in [0.25, 0.3) is 11.2 Å². The molecule has 0 spiro atoms. The predicted molar refractivity (Wildman–Crippen MR) is 103 cm³/mol. The first-order valence-electron chi connectivity index (χ1n) is 8.72. The van der Waals surface area contributed by atoms with E-state index in [1.54, 1.807) is 27.5 Å². The van der Waals surface area contributed by atoms with E-state index in [1.165, 1.54) is 12.3 Å². The number of amides is 2. The molecule has 0 radical (unpaired) electrons. The largest absolute Gasteiger partial charge is 0.392 e. The van der Waals surface area contributed by atoms with Gasteiger partial charge in [0.15, 0.2) is 5.65 Å². The van der Waals surface area contributed by atoms with E-state index in [-0.39, 0.29) is 24.0 Å². The van der Waals surface area contributed by atoms with Crippen LogP contribution in [0, 0.1) is 6.92 Å². The zero-order valence-corrected chi connectivity index (χ0v) is 15.6. The molecular formula is C18H21N7O3. The highest BCUT2D eigenvalue weighted by atomic mass is 16.2. The first-order valence-corrected chi connectivity index (χ1v) is 8.72. The third-order valence-electron chi connectivity index (χ3n) is 4.09. The van der Waals surface area contributed by atoms with Gasteiger partial charge in [0, 0.05) is 19.3 Å². The van der Waals surface area contributed by atoms with Gasteiger partial charge >= 0.3 is 0 Å².